The van der Waals surface area contributed by atoms with Gasteiger partial charge in [0.25, 0.3) is 0 Å². The van der Waals surface area contributed by atoms with Gasteiger partial charge in [0.05, 0.1) is 0 Å². The van der Waals surface area contributed by atoms with Gasteiger partial charge in [-0.15, -0.1) is 0 Å². The first-order valence-corrected chi connectivity index (χ1v) is 12.9. The van der Waals surface area contributed by atoms with Crippen molar-refractivity contribution >= 4 is 46.6 Å². The number of halogens is 2. The molecule has 0 fully saturated rings. The summed E-state index contributed by atoms with van der Waals surface area (Å²) in [5, 5.41) is 7.05. The first-order valence-electron chi connectivity index (χ1n) is 12.2. The molecule has 6 nitrogen and oxygen atoms in total. The number of rotatable bonds is 9. The number of benzene rings is 4. The SMILES string of the molecule is O=C(Nc1ccc(Cl)cc1)N(CCN(Cc1ccccc1)C(=O)Nc1ccc(Cl)cc1)Cc1ccccc1. The zero-order valence-corrected chi connectivity index (χ0v) is 22.2. The summed E-state index contributed by atoms with van der Waals surface area (Å²) in [7, 11) is 0. The molecule has 194 valence electrons. The van der Waals surface area contributed by atoms with Crippen LogP contribution in [0.2, 0.25) is 10.0 Å². The summed E-state index contributed by atoms with van der Waals surface area (Å²) in [5.41, 5.74) is 3.25. The highest BCUT2D eigenvalue weighted by molar-refractivity contribution is 6.31. The number of nitrogens with zero attached hydrogens (tertiary/aromatic N) is 2. The van der Waals surface area contributed by atoms with E-state index in [-0.39, 0.29) is 12.1 Å². The van der Waals surface area contributed by atoms with Gasteiger partial charge in [-0.3, -0.25) is 0 Å². The molecule has 0 aliphatic rings. The summed E-state index contributed by atoms with van der Waals surface area (Å²) in [6.07, 6.45) is 0. The van der Waals surface area contributed by atoms with Gasteiger partial charge >= 0.3 is 12.1 Å². The molecule has 0 spiro atoms. The molecule has 2 N–H and O–H groups in total. The van der Waals surface area contributed by atoms with Gasteiger partial charge in [-0.2, -0.15) is 0 Å². The van der Waals surface area contributed by atoms with Crippen LogP contribution in [0.15, 0.2) is 109 Å². The Morgan fingerprint density at radius 3 is 1.21 bits per heavy atom. The molecule has 0 radical (unpaired) electrons. The van der Waals surface area contributed by atoms with Crippen LogP contribution in [-0.4, -0.2) is 35.0 Å². The number of carbonyl (C=O) groups is 2. The van der Waals surface area contributed by atoms with Crippen LogP contribution in [0.3, 0.4) is 0 Å². The Kier molecular flexibility index (Phi) is 9.62. The van der Waals surface area contributed by atoms with Gasteiger partial charge in [-0.25, -0.2) is 9.59 Å². The van der Waals surface area contributed by atoms with Crippen LogP contribution in [0.5, 0.6) is 0 Å². The minimum Gasteiger partial charge on any atom is -0.318 e. The molecule has 0 saturated carbocycles. The van der Waals surface area contributed by atoms with E-state index in [0.717, 1.165) is 11.1 Å². The van der Waals surface area contributed by atoms with Crippen LogP contribution in [0, 0.1) is 0 Å². The normalized spacial score (nSPS) is 10.5. The van der Waals surface area contributed by atoms with Crippen LogP contribution in [0.4, 0.5) is 21.0 Å². The van der Waals surface area contributed by atoms with E-state index >= 15 is 0 Å². The number of nitrogens with one attached hydrogen (secondary N) is 2. The fraction of sp³-hybridized carbons (Fsp3) is 0.133. The number of amides is 4. The van der Waals surface area contributed by atoms with Crippen LogP contribution in [0.25, 0.3) is 0 Å². The molecule has 0 aliphatic carbocycles. The minimum absolute atomic E-state index is 0.269. The molecule has 4 rings (SSSR count). The third kappa shape index (κ3) is 8.26. The lowest BCUT2D eigenvalue weighted by molar-refractivity contribution is 0.185. The molecule has 8 heteroatoms. The van der Waals surface area contributed by atoms with Crippen molar-refractivity contribution in [2.75, 3.05) is 23.7 Å². The van der Waals surface area contributed by atoms with Crippen molar-refractivity contribution in [3.63, 3.8) is 0 Å². The van der Waals surface area contributed by atoms with Gasteiger partial charge in [0.15, 0.2) is 0 Å². The maximum atomic E-state index is 13.3. The molecular formula is C30H28Cl2N4O2. The Bertz CT molecular complexity index is 1210. The van der Waals surface area contributed by atoms with E-state index in [4.69, 9.17) is 23.2 Å². The van der Waals surface area contributed by atoms with Crippen LogP contribution < -0.4 is 10.6 Å². The van der Waals surface area contributed by atoms with E-state index < -0.39 is 0 Å². The zero-order chi connectivity index (χ0) is 26.7. The Morgan fingerprint density at radius 2 is 0.868 bits per heavy atom. The number of urea groups is 2. The van der Waals surface area contributed by atoms with Gasteiger partial charge < -0.3 is 20.4 Å². The van der Waals surface area contributed by atoms with E-state index in [1.54, 1.807) is 58.3 Å². The molecule has 0 aromatic heterocycles. The highest BCUT2D eigenvalue weighted by Crippen LogP contribution is 2.17. The monoisotopic (exact) mass is 546 g/mol. The van der Waals surface area contributed by atoms with Gasteiger partial charge in [0, 0.05) is 47.6 Å². The predicted molar refractivity (Wildman–Crippen MR) is 155 cm³/mol. The number of hydrogen-bond donors (Lipinski definition) is 2. The quantitative estimate of drug-likeness (QED) is 0.225. The summed E-state index contributed by atoms with van der Waals surface area (Å²) in [5.74, 6) is 0. The topological polar surface area (TPSA) is 64.7 Å². The van der Waals surface area contributed by atoms with E-state index in [0.29, 0.717) is 47.6 Å². The van der Waals surface area contributed by atoms with Crippen molar-refractivity contribution in [1.29, 1.82) is 0 Å². The second kappa shape index (κ2) is 13.5. The average molecular weight is 547 g/mol. The minimum atomic E-state index is -0.269. The lowest BCUT2D eigenvalue weighted by Crippen LogP contribution is -2.43. The van der Waals surface area contributed by atoms with Crippen LogP contribution >= 0.6 is 23.2 Å². The summed E-state index contributed by atoms with van der Waals surface area (Å²) >= 11 is 12.0. The first-order chi connectivity index (χ1) is 18.5. The highest BCUT2D eigenvalue weighted by atomic mass is 35.5. The van der Waals surface area contributed by atoms with Crippen molar-refractivity contribution in [3.05, 3.63) is 130 Å². The summed E-state index contributed by atoms with van der Waals surface area (Å²) < 4.78 is 0. The maximum Gasteiger partial charge on any atom is 0.322 e. The molecular weight excluding hydrogens is 519 g/mol. The van der Waals surface area contributed by atoms with E-state index in [2.05, 4.69) is 10.6 Å². The van der Waals surface area contributed by atoms with Crippen molar-refractivity contribution < 1.29 is 9.59 Å². The Hall–Kier alpha value is -4.00. The molecule has 4 aromatic carbocycles. The Morgan fingerprint density at radius 1 is 0.526 bits per heavy atom. The molecule has 38 heavy (non-hydrogen) atoms. The Labute approximate surface area is 232 Å². The van der Waals surface area contributed by atoms with E-state index in [1.165, 1.54) is 0 Å². The van der Waals surface area contributed by atoms with Gasteiger partial charge in [-0.05, 0) is 59.7 Å². The van der Waals surface area contributed by atoms with Gasteiger partial charge in [0.2, 0.25) is 0 Å². The lowest BCUT2D eigenvalue weighted by atomic mass is 10.2. The lowest BCUT2D eigenvalue weighted by Gasteiger charge is -2.28. The predicted octanol–water partition coefficient (Wildman–Crippen LogP) is 7.76. The summed E-state index contributed by atoms with van der Waals surface area (Å²) in [6, 6.07) is 32.9. The maximum absolute atomic E-state index is 13.3. The second-order valence-corrected chi connectivity index (χ2v) is 9.56. The third-order valence-electron chi connectivity index (χ3n) is 5.84. The zero-order valence-electron chi connectivity index (χ0n) is 20.7. The van der Waals surface area contributed by atoms with Crippen LogP contribution in [0.1, 0.15) is 11.1 Å². The fourth-order valence-electron chi connectivity index (χ4n) is 3.83. The second-order valence-electron chi connectivity index (χ2n) is 8.69. The molecule has 4 aromatic rings. The van der Waals surface area contributed by atoms with Crippen molar-refractivity contribution in [1.82, 2.24) is 9.80 Å². The van der Waals surface area contributed by atoms with Crippen molar-refractivity contribution in [3.8, 4) is 0 Å². The molecule has 0 bridgehead atoms. The van der Waals surface area contributed by atoms with E-state index in [1.807, 2.05) is 60.7 Å². The van der Waals surface area contributed by atoms with Crippen LogP contribution in [-0.2, 0) is 13.1 Å². The van der Waals surface area contributed by atoms with E-state index in [9.17, 15) is 9.59 Å². The molecule has 0 atom stereocenters. The number of anilines is 2. The molecule has 4 amide bonds. The first kappa shape index (κ1) is 27.0. The molecule has 0 unspecified atom stereocenters. The molecule has 0 aliphatic heterocycles. The highest BCUT2D eigenvalue weighted by Gasteiger charge is 2.20. The fourth-order valence-corrected chi connectivity index (χ4v) is 4.08. The number of carbonyl (C=O) groups excluding carboxylic acids is 2. The van der Waals surface area contributed by atoms with Crippen molar-refractivity contribution in [2.45, 2.75) is 13.1 Å². The van der Waals surface area contributed by atoms with Gasteiger partial charge in [0.1, 0.15) is 0 Å². The summed E-state index contributed by atoms with van der Waals surface area (Å²) in [6.45, 7) is 1.40. The summed E-state index contributed by atoms with van der Waals surface area (Å²) in [4.78, 5) is 30.0. The number of hydrogen-bond acceptors (Lipinski definition) is 2. The standard InChI is InChI=1S/C30H28Cl2N4O2/c31-25-11-15-27(16-12-25)33-29(37)35(21-23-7-3-1-4-8-23)19-20-36(22-24-9-5-2-6-10-24)30(38)34-28-17-13-26(32)14-18-28/h1-18H,19-22H2,(H,33,37)(H,34,38). The largest absolute Gasteiger partial charge is 0.322 e. The average Bonchev–Trinajstić information content (AvgIpc) is 2.93. The molecule has 0 heterocycles. The van der Waals surface area contributed by atoms with Gasteiger partial charge in [-0.1, -0.05) is 83.9 Å². The smallest absolute Gasteiger partial charge is 0.318 e. The van der Waals surface area contributed by atoms with Crippen molar-refractivity contribution in [2.24, 2.45) is 0 Å². The third-order valence-corrected chi connectivity index (χ3v) is 6.34. The Balaban J connectivity index is 1.51. The molecule has 0 saturated heterocycles.